The third-order valence-electron chi connectivity index (χ3n) is 3.15. The average Bonchev–Trinajstić information content (AvgIpc) is 2.81. The van der Waals surface area contributed by atoms with Crippen LogP contribution >= 0.6 is 11.8 Å². The molecule has 1 heterocycles. The number of benzene rings is 1. The van der Waals surface area contributed by atoms with E-state index in [2.05, 4.69) is 6.92 Å². The molecule has 0 amide bonds. The van der Waals surface area contributed by atoms with Crippen molar-refractivity contribution in [1.29, 1.82) is 0 Å². The maximum Gasteiger partial charge on any atom is 0.119 e. The first-order valence-corrected chi connectivity index (χ1v) is 7.49. The molecule has 2 rings (SSSR count). The van der Waals surface area contributed by atoms with E-state index in [1.807, 2.05) is 36.0 Å². The molecule has 2 unspecified atom stereocenters. The van der Waals surface area contributed by atoms with Crippen molar-refractivity contribution in [2.75, 3.05) is 19.0 Å². The van der Waals surface area contributed by atoms with E-state index in [9.17, 15) is 0 Å². The maximum absolute atomic E-state index is 5.70. The summed E-state index contributed by atoms with van der Waals surface area (Å²) in [7, 11) is 0. The minimum Gasteiger partial charge on any atom is -0.493 e. The molecule has 1 aliphatic heterocycles. The van der Waals surface area contributed by atoms with Gasteiger partial charge in [-0.3, -0.25) is 0 Å². The van der Waals surface area contributed by atoms with E-state index in [1.165, 1.54) is 0 Å². The molecule has 2 N–H and O–H groups in total. The highest BCUT2D eigenvalue weighted by molar-refractivity contribution is 8.00. The van der Waals surface area contributed by atoms with Gasteiger partial charge < -0.3 is 15.2 Å². The van der Waals surface area contributed by atoms with E-state index in [4.69, 9.17) is 15.2 Å². The van der Waals surface area contributed by atoms with E-state index in [0.29, 0.717) is 17.9 Å². The Morgan fingerprint density at radius 2 is 2.17 bits per heavy atom. The zero-order chi connectivity index (χ0) is 12.8. The quantitative estimate of drug-likeness (QED) is 0.804. The fourth-order valence-corrected chi connectivity index (χ4v) is 3.11. The SMILES string of the molecule is CC1OCCC1SCCOc1ccc(CN)cc1. The molecular formula is C14H21NO2S. The third-order valence-corrected chi connectivity index (χ3v) is 4.60. The van der Waals surface area contributed by atoms with Crippen molar-refractivity contribution in [2.45, 2.75) is 31.2 Å². The average molecular weight is 267 g/mol. The van der Waals surface area contributed by atoms with Crippen molar-refractivity contribution in [3.8, 4) is 5.75 Å². The Balaban J connectivity index is 1.65. The second-order valence-corrected chi connectivity index (χ2v) is 5.82. The van der Waals surface area contributed by atoms with Gasteiger partial charge in [-0.05, 0) is 31.0 Å². The molecule has 1 aliphatic rings. The Hall–Kier alpha value is -0.710. The zero-order valence-corrected chi connectivity index (χ0v) is 11.6. The van der Waals surface area contributed by atoms with E-state index in [1.54, 1.807) is 0 Å². The lowest BCUT2D eigenvalue weighted by molar-refractivity contribution is 0.127. The molecule has 3 nitrogen and oxygen atoms in total. The summed E-state index contributed by atoms with van der Waals surface area (Å²) >= 11 is 1.95. The smallest absolute Gasteiger partial charge is 0.119 e. The van der Waals surface area contributed by atoms with Crippen molar-refractivity contribution in [3.05, 3.63) is 29.8 Å². The van der Waals surface area contributed by atoms with Crippen molar-refractivity contribution in [1.82, 2.24) is 0 Å². The molecule has 0 bridgehead atoms. The van der Waals surface area contributed by atoms with Gasteiger partial charge in [0.05, 0.1) is 12.7 Å². The van der Waals surface area contributed by atoms with Gasteiger partial charge >= 0.3 is 0 Å². The molecule has 2 atom stereocenters. The zero-order valence-electron chi connectivity index (χ0n) is 10.8. The summed E-state index contributed by atoms with van der Waals surface area (Å²) in [5.74, 6) is 1.93. The van der Waals surface area contributed by atoms with Gasteiger partial charge in [-0.15, -0.1) is 0 Å². The Morgan fingerprint density at radius 1 is 1.39 bits per heavy atom. The van der Waals surface area contributed by atoms with Gasteiger partial charge in [0.15, 0.2) is 0 Å². The lowest BCUT2D eigenvalue weighted by Gasteiger charge is -2.13. The van der Waals surface area contributed by atoms with Crippen LogP contribution in [0.25, 0.3) is 0 Å². The van der Waals surface area contributed by atoms with Gasteiger partial charge in [-0.2, -0.15) is 11.8 Å². The molecule has 4 heteroatoms. The highest BCUT2D eigenvalue weighted by Crippen LogP contribution is 2.26. The molecule has 1 saturated heterocycles. The lowest BCUT2D eigenvalue weighted by atomic mass is 10.2. The van der Waals surface area contributed by atoms with Gasteiger partial charge in [0.1, 0.15) is 5.75 Å². The highest BCUT2D eigenvalue weighted by atomic mass is 32.2. The van der Waals surface area contributed by atoms with Crippen molar-refractivity contribution in [2.24, 2.45) is 5.73 Å². The number of nitrogens with two attached hydrogens (primary N) is 1. The van der Waals surface area contributed by atoms with Crippen LogP contribution in [0.1, 0.15) is 18.9 Å². The molecule has 0 saturated carbocycles. The van der Waals surface area contributed by atoms with Crippen LogP contribution in [-0.2, 0) is 11.3 Å². The van der Waals surface area contributed by atoms with E-state index in [-0.39, 0.29) is 0 Å². The van der Waals surface area contributed by atoms with Crippen molar-refractivity contribution >= 4 is 11.8 Å². The van der Waals surface area contributed by atoms with Crippen LogP contribution in [0.15, 0.2) is 24.3 Å². The largest absolute Gasteiger partial charge is 0.493 e. The van der Waals surface area contributed by atoms with Crippen molar-refractivity contribution < 1.29 is 9.47 Å². The second kappa shape index (κ2) is 7.02. The lowest BCUT2D eigenvalue weighted by Crippen LogP contribution is -2.15. The summed E-state index contributed by atoms with van der Waals surface area (Å²) in [5.41, 5.74) is 6.68. The number of thioether (sulfide) groups is 1. The predicted molar refractivity (Wildman–Crippen MR) is 76.1 cm³/mol. The molecule has 100 valence electrons. The number of ether oxygens (including phenoxy) is 2. The molecular weight excluding hydrogens is 246 g/mol. The monoisotopic (exact) mass is 267 g/mol. The van der Waals surface area contributed by atoms with Gasteiger partial charge in [-0.25, -0.2) is 0 Å². The summed E-state index contributed by atoms with van der Waals surface area (Å²) in [6.45, 7) is 4.38. The third kappa shape index (κ3) is 3.90. The molecule has 1 fully saturated rings. The summed E-state index contributed by atoms with van der Waals surface area (Å²) < 4.78 is 11.2. The summed E-state index contributed by atoms with van der Waals surface area (Å²) in [6, 6.07) is 7.98. The van der Waals surface area contributed by atoms with Gasteiger partial charge in [-0.1, -0.05) is 12.1 Å². The Morgan fingerprint density at radius 3 is 2.78 bits per heavy atom. The van der Waals surface area contributed by atoms with Crippen molar-refractivity contribution in [3.63, 3.8) is 0 Å². The highest BCUT2D eigenvalue weighted by Gasteiger charge is 2.23. The van der Waals surface area contributed by atoms with E-state index < -0.39 is 0 Å². The first-order chi connectivity index (χ1) is 8.79. The van der Waals surface area contributed by atoms with Crippen LogP contribution in [0, 0.1) is 0 Å². The van der Waals surface area contributed by atoms with E-state index in [0.717, 1.165) is 36.7 Å². The predicted octanol–water partition coefficient (Wildman–Crippen LogP) is 2.43. The van der Waals surface area contributed by atoms with Crippen LogP contribution in [0.4, 0.5) is 0 Å². The first kappa shape index (κ1) is 13.7. The minimum absolute atomic E-state index is 0.388. The van der Waals surface area contributed by atoms with Crippen LogP contribution in [0.2, 0.25) is 0 Å². The molecule has 0 radical (unpaired) electrons. The van der Waals surface area contributed by atoms with Crippen LogP contribution in [0.5, 0.6) is 5.75 Å². The van der Waals surface area contributed by atoms with E-state index >= 15 is 0 Å². The van der Waals surface area contributed by atoms with Gasteiger partial charge in [0.25, 0.3) is 0 Å². The van der Waals surface area contributed by atoms with Gasteiger partial charge in [0, 0.05) is 24.2 Å². The summed E-state index contributed by atoms with van der Waals surface area (Å²) in [6.07, 6.45) is 1.55. The number of hydrogen-bond acceptors (Lipinski definition) is 4. The van der Waals surface area contributed by atoms with Crippen LogP contribution in [0.3, 0.4) is 0 Å². The fraction of sp³-hybridized carbons (Fsp3) is 0.571. The Bertz CT molecular complexity index is 355. The summed E-state index contributed by atoms with van der Waals surface area (Å²) in [4.78, 5) is 0. The van der Waals surface area contributed by atoms with Gasteiger partial charge in [0.2, 0.25) is 0 Å². The molecule has 1 aromatic carbocycles. The van der Waals surface area contributed by atoms with Crippen LogP contribution < -0.4 is 10.5 Å². The first-order valence-electron chi connectivity index (χ1n) is 6.44. The van der Waals surface area contributed by atoms with Crippen LogP contribution in [-0.4, -0.2) is 30.3 Å². The molecule has 18 heavy (non-hydrogen) atoms. The normalized spacial score (nSPS) is 23.2. The molecule has 0 spiro atoms. The molecule has 1 aromatic rings. The number of hydrogen-bond donors (Lipinski definition) is 1. The molecule has 0 aliphatic carbocycles. The Kier molecular flexibility index (Phi) is 5.35. The Labute approximate surface area is 113 Å². The second-order valence-electron chi connectivity index (χ2n) is 4.47. The topological polar surface area (TPSA) is 44.5 Å². The number of rotatable bonds is 6. The summed E-state index contributed by atoms with van der Waals surface area (Å²) in [5, 5.41) is 0.633. The minimum atomic E-state index is 0.388. The fourth-order valence-electron chi connectivity index (χ4n) is 2.01. The maximum atomic E-state index is 5.70. The standard InChI is InChI=1S/C14H21NO2S/c1-11-14(6-7-16-11)18-9-8-17-13-4-2-12(10-15)3-5-13/h2-5,11,14H,6-10,15H2,1H3. The molecule has 0 aromatic heterocycles.